The number of aromatic nitrogens is 5. The van der Waals surface area contributed by atoms with Crippen molar-refractivity contribution in [1.29, 1.82) is 0 Å². The van der Waals surface area contributed by atoms with Crippen molar-refractivity contribution in [3.05, 3.63) is 62.0 Å². The number of nitrogens with one attached hydrogen (secondary N) is 1. The van der Waals surface area contributed by atoms with E-state index in [0.717, 1.165) is 0 Å². The number of anilines is 1. The summed E-state index contributed by atoms with van der Waals surface area (Å²) in [6, 6.07) is 6.03. The molecule has 1 aliphatic heterocycles. The lowest BCUT2D eigenvalue weighted by atomic mass is 10.2. The van der Waals surface area contributed by atoms with Gasteiger partial charge in [-0.2, -0.15) is 0 Å². The maximum atomic E-state index is 14.0. The number of nitrogens with zero attached hydrogens (tertiary/aromatic N) is 7. The number of carbonyl (C=O) groups excluding carboxylic acids is 1. The highest BCUT2D eigenvalue weighted by molar-refractivity contribution is 6.39. The van der Waals surface area contributed by atoms with Crippen LogP contribution in [0, 0.1) is 0 Å². The van der Waals surface area contributed by atoms with Crippen molar-refractivity contribution >= 4 is 68.7 Å². The minimum Gasteiger partial charge on any atom is -0.444 e. The first-order valence-electron chi connectivity index (χ1n) is 12.6. The van der Waals surface area contributed by atoms with Gasteiger partial charge in [0.25, 0.3) is 5.56 Å². The van der Waals surface area contributed by atoms with Crippen LogP contribution < -0.4 is 15.9 Å². The molecule has 14 heteroatoms. The number of hydrogen-bond acceptors (Lipinski definition) is 9. The summed E-state index contributed by atoms with van der Waals surface area (Å²) < 4.78 is 7.02. The van der Waals surface area contributed by atoms with E-state index < -0.39 is 17.7 Å². The molecule has 5 rings (SSSR count). The third kappa shape index (κ3) is 5.59. The molecule has 0 radical (unpaired) electrons. The summed E-state index contributed by atoms with van der Waals surface area (Å²) in [6.45, 7) is 8.73. The number of hydrogen-bond donors (Lipinski definition) is 1. The Morgan fingerprint density at radius 1 is 0.975 bits per heavy atom. The molecule has 4 heterocycles. The summed E-state index contributed by atoms with van der Waals surface area (Å²) >= 11 is 19.1. The van der Waals surface area contributed by atoms with Crippen LogP contribution in [-0.4, -0.2) is 67.4 Å². The summed E-state index contributed by atoms with van der Waals surface area (Å²) in [6.07, 6.45) is 1.02. The number of pyridine rings is 1. The molecule has 210 valence electrons. The number of carbonyl (C=O) groups is 1. The number of piperazine rings is 1. The second-order valence-electron chi connectivity index (χ2n) is 10.4. The molecule has 40 heavy (non-hydrogen) atoms. The van der Waals surface area contributed by atoms with Gasteiger partial charge in [0, 0.05) is 13.1 Å². The zero-order chi connectivity index (χ0) is 28.8. The summed E-state index contributed by atoms with van der Waals surface area (Å²) in [5.41, 5.74) is 0.387. The fraction of sp³-hybridized carbons (Fsp3) is 0.385. The topological polar surface area (TPSA) is 118 Å². The average Bonchev–Trinajstić information content (AvgIpc) is 2.90. The lowest BCUT2D eigenvalue weighted by Crippen LogP contribution is -2.57. The third-order valence-corrected chi connectivity index (χ3v) is 7.14. The van der Waals surface area contributed by atoms with Crippen LogP contribution in [0.5, 0.6) is 0 Å². The lowest BCUT2D eigenvalue weighted by Gasteiger charge is -2.38. The van der Waals surface area contributed by atoms with Crippen molar-refractivity contribution in [2.75, 3.05) is 36.5 Å². The normalized spacial score (nSPS) is 15.0. The molecule has 3 aromatic heterocycles. The Morgan fingerprint density at radius 2 is 1.68 bits per heavy atom. The highest BCUT2D eigenvalue weighted by Gasteiger charge is 2.29. The van der Waals surface area contributed by atoms with Gasteiger partial charge in [-0.25, -0.2) is 29.4 Å². The number of fused-ring (bicyclic) bond motifs is 2. The van der Waals surface area contributed by atoms with E-state index in [-0.39, 0.29) is 16.0 Å². The van der Waals surface area contributed by atoms with Gasteiger partial charge in [0.15, 0.2) is 11.6 Å². The van der Waals surface area contributed by atoms with Gasteiger partial charge in [-0.05, 0) is 52.0 Å². The molecule has 1 saturated heterocycles. The van der Waals surface area contributed by atoms with Gasteiger partial charge in [-0.1, -0.05) is 34.8 Å². The van der Waals surface area contributed by atoms with E-state index in [9.17, 15) is 9.59 Å². The molecule has 0 spiro atoms. The number of halogens is 3. The molecule has 11 nitrogen and oxygen atoms in total. The zero-order valence-electron chi connectivity index (χ0n) is 22.3. The third-order valence-electron chi connectivity index (χ3n) is 6.31. The van der Waals surface area contributed by atoms with Crippen LogP contribution in [0.25, 0.3) is 21.9 Å². The van der Waals surface area contributed by atoms with Crippen molar-refractivity contribution in [2.45, 2.75) is 39.3 Å². The van der Waals surface area contributed by atoms with Crippen LogP contribution in [0.2, 0.25) is 15.2 Å². The Balaban J connectivity index is 1.55. The maximum absolute atomic E-state index is 14.0. The van der Waals surface area contributed by atoms with Crippen molar-refractivity contribution in [1.82, 2.24) is 29.5 Å². The van der Waals surface area contributed by atoms with Gasteiger partial charge in [-0.15, -0.1) is 0 Å². The molecular weight excluding hydrogens is 579 g/mol. The van der Waals surface area contributed by atoms with Crippen molar-refractivity contribution in [3.63, 3.8) is 0 Å². The first-order chi connectivity index (χ1) is 18.9. The molecule has 0 unspecified atom stereocenters. The smallest absolute Gasteiger partial charge is 0.410 e. The first-order valence-corrected chi connectivity index (χ1v) is 13.7. The van der Waals surface area contributed by atoms with E-state index in [1.54, 1.807) is 29.2 Å². The highest BCUT2D eigenvalue weighted by atomic mass is 35.5. The fourth-order valence-corrected chi connectivity index (χ4v) is 5.06. The molecule has 1 aliphatic rings. The van der Waals surface area contributed by atoms with Crippen LogP contribution in [0.3, 0.4) is 0 Å². The van der Waals surface area contributed by atoms with Gasteiger partial charge in [0.1, 0.15) is 22.6 Å². The molecule has 1 N–H and O–H groups in total. The molecule has 1 atom stereocenters. The molecular formula is C26H27Cl3N8O3. The van der Waals surface area contributed by atoms with E-state index in [2.05, 4.69) is 20.3 Å². The number of ether oxygens (including phenoxy) is 1. The first kappa shape index (κ1) is 28.1. The molecule has 0 saturated carbocycles. The van der Waals surface area contributed by atoms with E-state index in [0.29, 0.717) is 64.5 Å². The van der Waals surface area contributed by atoms with E-state index in [1.807, 2.05) is 32.7 Å². The van der Waals surface area contributed by atoms with E-state index in [1.165, 1.54) is 11.0 Å². The summed E-state index contributed by atoms with van der Waals surface area (Å²) in [5, 5.41) is 6.19. The molecule has 1 fully saturated rings. The van der Waals surface area contributed by atoms with Gasteiger partial charge in [-0.3, -0.25) is 4.79 Å². The Kier molecular flexibility index (Phi) is 7.64. The lowest BCUT2D eigenvalue weighted by molar-refractivity contribution is 0.0231. The Morgan fingerprint density at radius 3 is 2.38 bits per heavy atom. The molecule has 4 aromatic rings. The number of amides is 1. The van der Waals surface area contributed by atoms with Crippen LogP contribution in [0.15, 0.2) is 35.4 Å². The second kappa shape index (κ2) is 10.9. The minimum atomic E-state index is -0.609. The van der Waals surface area contributed by atoms with Crippen LogP contribution in [0.1, 0.15) is 39.6 Å². The van der Waals surface area contributed by atoms with E-state index >= 15 is 0 Å². The molecule has 1 amide bonds. The summed E-state index contributed by atoms with van der Waals surface area (Å²) in [4.78, 5) is 46.0. The Bertz CT molecular complexity index is 1670. The van der Waals surface area contributed by atoms with Crippen LogP contribution in [0.4, 0.5) is 10.6 Å². The highest BCUT2D eigenvalue weighted by Crippen LogP contribution is 2.29. The number of rotatable bonds is 4. The van der Waals surface area contributed by atoms with Crippen LogP contribution >= 0.6 is 34.8 Å². The Hall–Kier alpha value is -3.41. The van der Waals surface area contributed by atoms with Crippen LogP contribution in [-0.2, 0) is 4.74 Å². The summed E-state index contributed by atoms with van der Waals surface area (Å²) in [7, 11) is 0. The summed E-state index contributed by atoms with van der Waals surface area (Å²) in [5.74, 6) is 0.800. The predicted octanol–water partition coefficient (Wildman–Crippen LogP) is 5.06. The maximum Gasteiger partial charge on any atom is 0.410 e. The van der Waals surface area contributed by atoms with Crippen molar-refractivity contribution < 1.29 is 9.53 Å². The van der Waals surface area contributed by atoms with Crippen molar-refractivity contribution in [2.24, 2.45) is 0 Å². The van der Waals surface area contributed by atoms with Crippen molar-refractivity contribution in [3.8, 4) is 0 Å². The Labute approximate surface area is 245 Å². The average molecular weight is 606 g/mol. The molecule has 0 aliphatic carbocycles. The zero-order valence-corrected chi connectivity index (χ0v) is 24.5. The van der Waals surface area contributed by atoms with Gasteiger partial charge >= 0.3 is 6.09 Å². The fourth-order valence-electron chi connectivity index (χ4n) is 4.48. The largest absolute Gasteiger partial charge is 0.444 e. The van der Waals surface area contributed by atoms with Gasteiger partial charge < -0.3 is 20.0 Å². The molecule has 0 bridgehead atoms. The predicted molar refractivity (Wildman–Crippen MR) is 156 cm³/mol. The molecule has 1 aromatic carbocycles. The monoisotopic (exact) mass is 604 g/mol. The standard InChI is InChI=1S/C26H27Cl3N8O3/c1-14(32-22-21-17(30-13-31-22)7-8-18(29)33-21)23-34-20-16(28)6-5-15(27)19(20)24(38)37(23)36-11-9-35(10-12-36)25(39)40-26(2,3)4/h5-8,13-14H,9-12H2,1-4H3,(H,30,31,32)/t14-/m0/s1. The SMILES string of the molecule is C[C@H](Nc1ncnc2ccc(Cl)nc12)c1nc2c(Cl)ccc(Cl)c2c(=O)n1N1CCN(C(=O)OC(C)(C)C)CC1. The minimum absolute atomic E-state index is 0.209. The van der Waals surface area contributed by atoms with Gasteiger partial charge in [0.2, 0.25) is 0 Å². The number of benzene rings is 1. The second-order valence-corrected chi connectivity index (χ2v) is 11.6. The quantitative estimate of drug-likeness (QED) is 0.319. The van der Waals surface area contributed by atoms with E-state index in [4.69, 9.17) is 44.5 Å². The van der Waals surface area contributed by atoms with Gasteiger partial charge in [0.05, 0.1) is 45.6 Å².